The normalized spacial score (nSPS) is 22.3. The van der Waals surface area contributed by atoms with E-state index in [2.05, 4.69) is 20.9 Å². The van der Waals surface area contributed by atoms with Gasteiger partial charge in [0.05, 0.1) is 5.25 Å². The van der Waals surface area contributed by atoms with Crippen molar-refractivity contribution in [1.82, 2.24) is 4.90 Å². The number of guanidine groups is 1. The van der Waals surface area contributed by atoms with E-state index in [1.165, 1.54) is 11.0 Å². The van der Waals surface area contributed by atoms with Gasteiger partial charge in [0.25, 0.3) is 5.91 Å². The lowest BCUT2D eigenvalue weighted by molar-refractivity contribution is -0.129. The van der Waals surface area contributed by atoms with Crippen molar-refractivity contribution in [3.05, 3.63) is 64.1 Å². The van der Waals surface area contributed by atoms with E-state index >= 15 is 0 Å². The second-order valence-corrected chi connectivity index (χ2v) is 9.59. The standard InChI is InChI=1S/C19H18BrN3O4S/c1-23-17(24)19(22-18(23)21,12-4-2-6-14(20)10-12)13-5-3-7-15(11-13)27-28(25,26)16-8-9-16/h2-7,10-11,16H,8-9H2,1H3,(H2,21,22). The molecule has 0 spiro atoms. The number of likely N-dealkylation sites (N-methyl/N-ethyl adjacent to an activating group) is 1. The van der Waals surface area contributed by atoms with Gasteiger partial charge in [0, 0.05) is 11.5 Å². The molecule has 2 aliphatic rings. The third-order valence-corrected chi connectivity index (χ3v) is 7.09. The van der Waals surface area contributed by atoms with E-state index in [0.29, 0.717) is 24.0 Å². The zero-order valence-corrected chi connectivity index (χ0v) is 17.4. The molecule has 1 heterocycles. The molecule has 2 aromatic carbocycles. The Morgan fingerprint density at radius 3 is 2.39 bits per heavy atom. The molecule has 0 bridgehead atoms. The lowest BCUT2D eigenvalue weighted by atomic mass is 9.83. The molecule has 1 saturated carbocycles. The molecule has 0 radical (unpaired) electrons. The van der Waals surface area contributed by atoms with Gasteiger partial charge in [0.2, 0.25) is 0 Å². The second kappa shape index (κ2) is 6.59. The molecule has 2 N–H and O–H groups in total. The molecule has 7 nitrogen and oxygen atoms in total. The number of benzene rings is 2. The number of carbonyl (C=O) groups excluding carboxylic acids is 1. The van der Waals surface area contributed by atoms with Crippen molar-refractivity contribution >= 4 is 37.9 Å². The number of aliphatic imine (C=N–C) groups is 1. The number of hydrogen-bond donors (Lipinski definition) is 1. The molecule has 146 valence electrons. The zero-order valence-electron chi connectivity index (χ0n) is 15.0. The predicted molar refractivity (Wildman–Crippen MR) is 108 cm³/mol. The quantitative estimate of drug-likeness (QED) is 0.685. The summed E-state index contributed by atoms with van der Waals surface area (Å²) in [7, 11) is -2.12. The molecular formula is C19H18BrN3O4S. The van der Waals surface area contributed by atoms with E-state index in [-0.39, 0.29) is 17.6 Å². The summed E-state index contributed by atoms with van der Waals surface area (Å²) in [5.41, 5.74) is 5.64. The van der Waals surface area contributed by atoms with Crippen LogP contribution in [0, 0.1) is 0 Å². The average Bonchev–Trinajstić information content (AvgIpc) is 3.47. The Labute approximate surface area is 171 Å². The minimum absolute atomic E-state index is 0.0851. The monoisotopic (exact) mass is 463 g/mol. The van der Waals surface area contributed by atoms with Gasteiger partial charge in [0.15, 0.2) is 11.5 Å². The first-order chi connectivity index (χ1) is 13.2. The first-order valence-electron chi connectivity index (χ1n) is 8.67. The number of amides is 1. The Morgan fingerprint density at radius 2 is 1.82 bits per heavy atom. The number of nitrogens with zero attached hydrogens (tertiary/aromatic N) is 2. The lowest BCUT2D eigenvalue weighted by Gasteiger charge is -2.26. The molecule has 9 heteroatoms. The fraction of sp³-hybridized carbons (Fsp3) is 0.263. The van der Waals surface area contributed by atoms with Crippen molar-refractivity contribution in [3.8, 4) is 5.75 Å². The van der Waals surface area contributed by atoms with Crippen LogP contribution >= 0.6 is 15.9 Å². The van der Waals surface area contributed by atoms with Crippen LogP contribution in [0.3, 0.4) is 0 Å². The van der Waals surface area contributed by atoms with Gasteiger partial charge in [-0.25, -0.2) is 4.99 Å². The molecule has 28 heavy (non-hydrogen) atoms. The van der Waals surface area contributed by atoms with Crippen molar-refractivity contribution in [1.29, 1.82) is 0 Å². The third kappa shape index (κ3) is 3.08. The van der Waals surface area contributed by atoms with Crippen molar-refractivity contribution in [2.45, 2.75) is 23.6 Å². The van der Waals surface area contributed by atoms with E-state index in [0.717, 1.165) is 4.47 Å². The third-order valence-electron chi connectivity index (χ3n) is 4.88. The van der Waals surface area contributed by atoms with Gasteiger partial charge >= 0.3 is 10.1 Å². The van der Waals surface area contributed by atoms with Gasteiger partial charge in [-0.3, -0.25) is 9.69 Å². The Balaban J connectivity index is 1.85. The minimum atomic E-state index is -3.67. The van der Waals surface area contributed by atoms with E-state index in [1.807, 2.05) is 6.07 Å². The van der Waals surface area contributed by atoms with Gasteiger partial charge in [0.1, 0.15) is 5.75 Å². The summed E-state index contributed by atoms with van der Waals surface area (Å²) in [6, 6.07) is 13.7. The maximum Gasteiger partial charge on any atom is 0.312 e. The minimum Gasteiger partial charge on any atom is -0.382 e. The van der Waals surface area contributed by atoms with Gasteiger partial charge in [-0.2, -0.15) is 8.42 Å². The summed E-state index contributed by atoms with van der Waals surface area (Å²) >= 11 is 3.42. The summed E-state index contributed by atoms with van der Waals surface area (Å²) in [6.45, 7) is 0. The number of halogens is 1. The molecule has 1 unspecified atom stereocenters. The summed E-state index contributed by atoms with van der Waals surface area (Å²) in [5, 5.41) is -0.455. The van der Waals surface area contributed by atoms with Crippen molar-refractivity contribution in [3.63, 3.8) is 0 Å². The Kier molecular flexibility index (Phi) is 4.46. The first-order valence-corrected chi connectivity index (χ1v) is 10.9. The van der Waals surface area contributed by atoms with Crippen LogP contribution in [0.5, 0.6) is 5.75 Å². The second-order valence-electron chi connectivity index (χ2n) is 6.86. The number of hydrogen-bond acceptors (Lipinski definition) is 6. The molecule has 1 amide bonds. The lowest BCUT2D eigenvalue weighted by Crippen LogP contribution is -2.41. The predicted octanol–water partition coefficient (Wildman–Crippen LogP) is 2.35. The highest BCUT2D eigenvalue weighted by Gasteiger charge is 2.50. The summed E-state index contributed by atoms with van der Waals surface area (Å²) < 4.78 is 30.5. The SMILES string of the molecule is CN1C(=O)C(c2cccc(Br)c2)(c2cccc(OS(=O)(=O)C3CC3)c2)N=C1N. The van der Waals surface area contributed by atoms with Crippen LogP contribution in [0.25, 0.3) is 0 Å². The highest BCUT2D eigenvalue weighted by molar-refractivity contribution is 9.10. The summed E-state index contributed by atoms with van der Waals surface area (Å²) in [6.07, 6.45) is 1.21. The Hall–Kier alpha value is -2.39. The van der Waals surface area contributed by atoms with E-state index < -0.39 is 20.9 Å². The van der Waals surface area contributed by atoms with Crippen LogP contribution < -0.4 is 9.92 Å². The van der Waals surface area contributed by atoms with Crippen LogP contribution in [-0.4, -0.2) is 37.5 Å². The van der Waals surface area contributed by atoms with Gasteiger partial charge < -0.3 is 9.92 Å². The topological polar surface area (TPSA) is 102 Å². The van der Waals surface area contributed by atoms with Gasteiger partial charge in [-0.15, -0.1) is 0 Å². The molecule has 1 aliphatic carbocycles. The number of nitrogens with two attached hydrogens (primary N) is 1. The highest BCUT2D eigenvalue weighted by atomic mass is 79.9. The van der Waals surface area contributed by atoms with Crippen LogP contribution in [-0.2, 0) is 20.5 Å². The van der Waals surface area contributed by atoms with Crippen LogP contribution in [0.2, 0.25) is 0 Å². The van der Waals surface area contributed by atoms with E-state index in [9.17, 15) is 13.2 Å². The van der Waals surface area contributed by atoms with Gasteiger partial charge in [-0.05, 0) is 48.2 Å². The Bertz CT molecular complexity index is 1100. The maximum absolute atomic E-state index is 13.2. The van der Waals surface area contributed by atoms with Crippen molar-refractivity contribution < 1.29 is 17.4 Å². The maximum atomic E-state index is 13.2. The molecule has 4 rings (SSSR count). The zero-order chi connectivity index (χ0) is 20.1. The highest BCUT2D eigenvalue weighted by Crippen LogP contribution is 2.41. The van der Waals surface area contributed by atoms with Crippen molar-refractivity contribution in [2.24, 2.45) is 10.7 Å². The number of rotatable bonds is 5. The fourth-order valence-corrected chi connectivity index (χ4v) is 4.85. The average molecular weight is 464 g/mol. The molecule has 0 saturated heterocycles. The number of carbonyl (C=O) groups is 1. The van der Waals surface area contributed by atoms with E-state index in [4.69, 9.17) is 9.92 Å². The van der Waals surface area contributed by atoms with Crippen LogP contribution in [0.4, 0.5) is 0 Å². The molecular weight excluding hydrogens is 446 g/mol. The van der Waals surface area contributed by atoms with Crippen LogP contribution in [0.1, 0.15) is 24.0 Å². The molecule has 1 atom stereocenters. The van der Waals surface area contributed by atoms with E-state index in [1.54, 1.807) is 43.4 Å². The molecule has 1 fully saturated rings. The Morgan fingerprint density at radius 1 is 1.18 bits per heavy atom. The molecule has 1 aliphatic heterocycles. The molecule has 2 aromatic rings. The summed E-state index contributed by atoms with van der Waals surface area (Å²) in [5.74, 6) is -0.0953. The van der Waals surface area contributed by atoms with Gasteiger partial charge in [-0.1, -0.05) is 40.2 Å². The smallest absolute Gasteiger partial charge is 0.312 e. The largest absolute Gasteiger partial charge is 0.382 e. The van der Waals surface area contributed by atoms with Crippen LogP contribution in [0.15, 0.2) is 58.0 Å². The summed E-state index contributed by atoms with van der Waals surface area (Å²) in [4.78, 5) is 19.0. The molecule has 0 aromatic heterocycles. The first kappa shape index (κ1) is 18.9. The van der Waals surface area contributed by atoms with Crippen molar-refractivity contribution in [2.75, 3.05) is 7.05 Å². The fourth-order valence-electron chi connectivity index (χ4n) is 3.23.